The lowest BCUT2D eigenvalue weighted by atomic mass is 10.2. The summed E-state index contributed by atoms with van der Waals surface area (Å²) in [5.74, 6) is 0.153. The van der Waals surface area contributed by atoms with E-state index < -0.39 is 5.82 Å². The van der Waals surface area contributed by atoms with Crippen LogP contribution in [0.1, 0.15) is 5.56 Å². The van der Waals surface area contributed by atoms with Crippen LogP contribution in [0.25, 0.3) is 0 Å². The monoisotopic (exact) mass is 343 g/mol. The highest BCUT2D eigenvalue weighted by molar-refractivity contribution is 9.10. The smallest absolute Gasteiger partial charge is 0.166 e. The summed E-state index contributed by atoms with van der Waals surface area (Å²) >= 11 is 9.32. The summed E-state index contributed by atoms with van der Waals surface area (Å²) in [6, 6.07) is 10.0. The van der Waals surface area contributed by atoms with Gasteiger partial charge in [-0.2, -0.15) is 0 Å². The zero-order valence-electron chi connectivity index (χ0n) is 10.2. The van der Waals surface area contributed by atoms with E-state index in [-0.39, 0.29) is 5.75 Å². The van der Waals surface area contributed by atoms with Crippen LogP contribution in [0.2, 0.25) is 5.02 Å². The Hall–Kier alpha value is -1.10. The van der Waals surface area contributed by atoms with Gasteiger partial charge in [-0.1, -0.05) is 33.6 Å². The third-order valence-corrected chi connectivity index (χ3v) is 3.30. The van der Waals surface area contributed by atoms with Crippen LogP contribution >= 0.6 is 27.5 Å². The molecule has 19 heavy (non-hydrogen) atoms. The van der Waals surface area contributed by atoms with E-state index in [1.54, 1.807) is 30.3 Å². The van der Waals surface area contributed by atoms with Crippen molar-refractivity contribution in [2.75, 3.05) is 7.05 Å². The number of hydrogen-bond donors (Lipinski definition) is 1. The minimum absolute atomic E-state index is 0.153. The van der Waals surface area contributed by atoms with E-state index in [0.717, 1.165) is 10.0 Å². The molecular weight excluding hydrogens is 333 g/mol. The first-order valence-corrected chi connectivity index (χ1v) is 6.83. The van der Waals surface area contributed by atoms with Crippen molar-refractivity contribution in [2.24, 2.45) is 0 Å². The average Bonchev–Trinajstić information content (AvgIpc) is 2.37. The molecule has 0 bridgehead atoms. The first-order valence-electron chi connectivity index (χ1n) is 5.66. The molecule has 0 aliphatic carbocycles. The van der Waals surface area contributed by atoms with Crippen LogP contribution in [0.5, 0.6) is 11.5 Å². The predicted molar refractivity (Wildman–Crippen MR) is 78.4 cm³/mol. The maximum absolute atomic E-state index is 13.9. The van der Waals surface area contributed by atoms with Gasteiger partial charge < -0.3 is 10.1 Å². The van der Waals surface area contributed by atoms with Crippen LogP contribution in [0.15, 0.2) is 40.9 Å². The minimum Gasteiger partial charge on any atom is -0.453 e. The Morgan fingerprint density at radius 3 is 2.68 bits per heavy atom. The van der Waals surface area contributed by atoms with E-state index in [1.165, 1.54) is 6.07 Å². The third kappa shape index (κ3) is 3.69. The molecule has 0 aliphatic heterocycles. The van der Waals surface area contributed by atoms with Gasteiger partial charge in [0.2, 0.25) is 0 Å². The summed E-state index contributed by atoms with van der Waals surface area (Å²) in [7, 11) is 1.81. The van der Waals surface area contributed by atoms with E-state index in [2.05, 4.69) is 21.2 Å². The largest absolute Gasteiger partial charge is 0.453 e. The number of benzene rings is 2. The second kappa shape index (κ2) is 6.37. The number of rotatable bonds is 4. The van der Waals surface area contributed by atoms with Crippen LogP contribution < -0.4 is 10.1 Å². The Kier molecular flexibility index (Phi) is 4.80. The zero-order valence-corrected chi connectivity index (χ0v) is 12.6. The third-order valence-electron chi connectivity index (χ3n) is 2.49. The molecule has 0 fully saturated rings. The molecule has 0 saturated heterocycles. The lowest BCUT2D eigenvalue weighted by Gasteiger charge is -2.10. The molecule has 2 aromatic carbocycles. The van der Waals surface area contributed by atoms with Crippen molar-refractivity contribution in [3.8, 4) is 11.5 Å². The van der Waals surface area contributed by atoms with Gasteiger partial charge in [0.1, 0.15) is 5.75 Å². The minimum atomic E-state index is -0.413. The second-order valence-electron chi connectivity index (χ2n) is 3.97. The first kappa shape index (κ1) is 14.3. The molecule has 2 nitrogen and oxygen atoms in total. The summed E-state index contributed by atoms with van der Waals surface area (Å²) in [5, 5.41) is 3.39. The summed E-state index contributed by atoms with van der Waals surface area (Å²) < 4.78 is 20.2. The molecule has 2 aromatic rings. The molecule has 0 heterocycles. The Morgan fingerprint density at radius 2 is 2.00 bits per heavy atom. The number of nitrogens with one attached hydrogen (secondary N) is 1. The molecule has 0 aliphatic rings. The van der Waals surface area contributed by atoms with E-state index in [4.69, 9.17) is 16.3 Å². The molecule has 100 valence electrons. The zero-order chi connectivity index (χ0) is 13.8. The number of halogens is 3. The molecule has 1 N–H and O–H groups in total. The molecule has 0 amide bonds. The Morgan fingerprint density at radius 1 is 1.21 bits per heavy atom. The van der Waals surface area contributed by atoms with Gasteiger partial charge in [-0.15, -0.1) is 0 Å². The van der Waals surface area contributed by atoms with Crippen molar-refractivity contribution in [3.63, 3.8) is 0 Å². The number of hydrogen-bond acceptors (Lipinski definition) is 2. The van der Waals surface area contributed by atoms with Crippen LogP contribution in [0, 0.1) is 5.82 Å². The van der Waals surface area contributed by atoms with Gasteiger partial charge in [0.25, 0.3) is 0 Å². The van der Waals surface area contributed by atoms with Crippen LogP contribution in [0.3, 0.4) is 0 Å². The van der Waals surface area contributed by atoms with Crippen LogP contribution in [-0.4, -0.2) is 7.05 Å². The average molecular weight is 345 g/mol. The van der Waals surface area contributed by atoms with Crippen molar-refractivity contribution >= 4 is 27.5 Å². The molecule has 0 spiro atoms. The maximum Gasteiger partial charge on any atom is 0.166 e. The standard InChI is InChI=1S/C14H12BrClFNO/c1-18-8-9-2-5-13(12(17)6-9)19-14-7-10(15)3-4-11(14)16/h2-7,18H,8H2,1H3. The maximum atomic E-state index is 13.9. The van der Waals surface area contributed by atoms with Crippen molar-refractivity contribution < 1.29 is 9.13 Å². The highest BCUT2D eigenvalue weighted by atomic mass is 79.9. The SMILES string of the molecule is CNCc1ccc(Oc2cc(Br)ccc2Cl)c(F)c1. The molecular formula is C14H12BrClFNO. The van der Waals surface area contributed by atoms with Gasteiger partial charge in [-0.05, 0) is 42.9 Å². The summed E-state index contributed by atoms with van der Waals surface area (Å²) in [4.78, 5) is 0. The quantitative estimate of drug-likeness (QED) is 0.864. The van der Waals surface area contributed by atoms with Crippen molar-refractivity contribution in [1.82, 2.24) is 5.32 Å². The summed E-state index contributed by atoms with van der Waals surface area (Å²) in [6.45, 7) is 0.606. The number of ether oxygens (including phenoxy) is 1. The van der Waals surface area contributed by atoms with E-state index in [9.17, 15) is 4.39 Å². The summed E-state index contributed by atoms with van der Waals surface area (Å²) in [5.41, 5.74) is 0.854. The molecule has 0 aromatic heterocycles. The van der Waals surface area contributed by atoms with Crippen LogP contribution in [-0.2, 0) is 6.54 Å². The van der Waals surface area contributed by atoms with Gasteiger partial charge in [0, 0.05) is 11.0 Å². The second-order valence-corrected chi connectivity index (χ2v) is 5.29. The fourth-order valence-corrected chi connectivity index (χ4v) is 2.11. The van der Waals surface area contributed by atoms with E-state index >= 15 is 0 Å². The van der Waals surface area contributed by atoms with Crippen molar-refractivity contribution in [1.29, 1.82) is 0 Å². The fourth-order valence-electron chi connectivity index (χ4n) is 1.62. The molecule has 0 atom stereocenters. The lowest BCUT2D eigenvalue weighted by Crippen LogP contribution is -2.05. The Labute approximate surface area is 124 Å². The van der Waals surface area contributed by atoms with Gasteiger partial charge in [-0.25, -0.2) is 4.39 Å². The van der Waals surface area contributed by atoms with E-state index in [0.29, 0.717) is 17.3 Å². The topological polar surface area (TPSA) is 21.3 Å². The first-order chi connectivity index (χ1) is 9.10. The molecule has 5 heteroatoms. The normalized spacial score (nSPS) is 10.5. The van der Waals surface area contributed by atoms with E-state index in [1.807, 2.05) is 7.05 Å². The molecule has 0 saturated carbocycles. The lowest BCUT2D eigenvalue weighted by molar-refractivity contribution is 0.441. The van der Waals surface area contributed by atoms with Crippen LogP contribution in [0.4, 0.5) is 4.39 Å². The van der Waals surface area contributed by atoms with Gasteiger partial charge >= 0.3 is 0 Å². The predicted octanol–water partition coefficient (Wildman–Crippen LogP) is 4.75. The molecule has 0 radical (unpaired) electrons. The molecule has 0 unspecified atom stereocenters. The van der Waals surface area contributed by atoms with Gasteiger partial charge in [-0.3, -0.25) is 0 Å². The molecule has 2 rings (SSSR count). The van der Waals surface area contributed by atoms with Crippen molar-refractivity contribution in [2.45, 2.75) is 6.54 Å². The Balaban J connectivity index is 2.25. The fraction of sp³-hybridized carbons (Fsp3) is 0.143. The van der Waals surface area contributed by atoms with Gasteiger partial charge in [0.05, 0.1) is 5.02 Å². The highest BCUT2D eigenvalue weighted by Crippen LogP contribution is 2.33. The van der Waals surface area contributed by atoms with Crippen molar-refractivity contribution in [3.05, 3.63) is 57.3 Å². The van der Waals surface area contributed by atoms with Gasteiger partial charge in [0.15, 0.2) is 11.6 Å². The highest BCUT2D eigenvalue weighted by Gasteiger charge is 2.09. The Bertz CT molecular complexity index is 592. The summed E-state index contributed by atoms with van der Waals surface area (Å²) in [6.07, 6.45) is 0.